The van der Waals surface area contributed by atoms with Crippen LogP contribution in [0.15, 0.2) is 42.5 Å². The first-order chi connectivity index (χ1) is 14.3. The maximum absolute atomic E-state index is 12.6. The predicted octanol–water partition coefficient (Wildman–Crippen LogP) is 3.63. The molecule has 0 radical (unpaired) electrons. The lowest BCUT2D eigenvalue weighted by Gasteiger charge is -2.30. The molecule has 1 fully saturated rings. The second-order valence-corrected chi connectivity index (χ2v) is 7.22. The summed E-state index contributed by atoms with van der Waals surface area (Å²) in [6.45, 7) is 3.58. The number of likely N-dealkylation sites (tertiary alicyclic amines) is 1. The fraction of sp³-hybridized carbons (Fsp3) is 0.300. The highest BCUT2D eigenvalue weighted by Gasteiger charge is 2.25. The van der Waals surface area contributed by atoms with Crippen molar-refractivity contribution in [2.45, 2.75) is 19.8 Å². The molecular weight excluding hydrogens is 392 g/mol. The maximum Gasteiger partial charge on any atom is 0.289 e. The van der Waals surface area contributed by atoms with Crippen LogP contribution < -0.4 is 5.32 Å². The van der Waals surface area contributed by atoms with Gasteiger partial charge in [-0.3, -0.25) is 29.8 Å². The van der Waals surface area contributed by atoms with E-state index in [0.717, 1.165) is 31.0 Å². The van der Waals surface area contributed by atoms with Crippen molar-refractivity contribution < 1.29 is 19.4 Å². The number of nitro benzene ring substituents is 2. The molecule has 1 N–H and O–H groups in total. The molecule has 0 saturated carbocycles. The molecule has 2 aromatic rings. The van der Waals surface area contributed by atoms with Crippen LogP contribution >= 0.6 is 0 Å². The number of piperidine rings is 1. The van der Waals surface area contributed by atoms with E-state index in [1.807, 2.05) is 0 Å². The normalized spacial score (nSPS) is 14.2. The summed E-state index contributed by atoms with van der Waals surface area (Å²) >= 11 is 0. The van der Waals surface area contributed by atoms with Gasteiger partial charge in [0, 0.05) is 30.4 Å². The second-order valence-electron chi connectivity index (χ2n) is 7.22. The Hall–Kier alpha value is -3.82. The number of nitro groups is 2. The number of nitrogens with zero attached hydrogens (tertiary/aromatic N) is 3. The van der Waals surface area contributed by atoms with Gasteiger partial charge in [0.05, 0.1) is 15.9 Å². The lowest BCUT2D eigenvalue weighted by molar-refractivity contribution is -0.394. The van der Waals surface area contributed by atoms with Gasteiger partial charge in [0.15, 0.2) is 0 Å². The van der Waals surface area contributed by atoms with E-state index in [1.54, 1.807) is 17.0 Å². The van der Waals surface area contributed by atoms with Crippen LogP contribution in [-0.4, -0.2) is 39.7 Å². The van der Waals surface area contributed by atoms with Crippen molar-refractivity contribution >= 4 is 28.9 Å². The fourth-order valence-corrected chi connectivity index (χ4v) is 3.27. The summed E-state index contributed by atoms with van der Waals surface area (Å²) < 4.78 is 0. The fourth-order valence-electron chi connectivity index (χ4n) is 3.27. The molecule has 10 heteroatoms. The monoisotopic (exact) mass is 412 g/mol. The number of carbonyl (C=O) groups excluding carboxylic acids is 2. The van der Waals surface area contributed by atoms with Gasteiger partial charge in [0.2, 0.25) is 0 Å². The van der Waals surface area contributed by atoms with Crippen LogP contribution in [0.4, 0.5) is 17.1 Å². The number of hydrogen-bond acceptors (Lipinski definition) is 6. The molecule has 1 aliphatic heterocycles. The summed E-state index contributed by atoms with van der Waals surface area (Å²) in [5, 5.41) is 24.5. The summed E-state index contributed by atoms with van der Waals surface area (Å²) in [7, 11) is 0. The van der Waals surface area contributed by atoms with Crippen LogP contribution in [0.1, 0.15) is 40.5 Å². The molecule has 0 atom stereocenters. The Morgan fingerprint density at radius 2 is 1.63 bits per heavy atom. The Morgan fingerprint density at radius 1 is 1.00 bits per heavy atom. The molecule has 3 rings (SSSR count). The predicted molar refractivity (Wildman–Crippen MR) is 108 cm³/mol. The topological polar surface area (TPSA) is 136 Å². The van der Waals surface area contributed by atoms with E-state index in [2.05, 4.69) is 12.2 Å². The number of non-ortho nitro benzene ring substituents is 1. The zero-order valence-corrected chi connectivity index (χ0v) is 16.2. The van der Waals surface area contributed by atoms with Crippen molar-refractivity contribution in [1.29, 1.82) is 0 Å². The van der Waals surface area contributed by atoms with Crippen molar-refractivity contribution in [2.24, 2.45) is 5.92 Å². The third-order valence-corrected chi connectivity index (χ3v) is 5.09. The van der Waals surface area contributed by atoms with Crippen LogP contribution in [0.2, 0.25) is 0 Å². The quantitative estimate of drug-likeness (QED) is 0.588. The summed E-state index contributed by atoms with van der Waals surface area (Å²) in [6.07, 6.45) is 1.93. The van der Waals surface area contributed by atoms with Crippen LogP contribution in [0.25, 0.3) is 0 Å². The molecule has 1 heterocycles. The van der Waals surface area contributed by atoms with Crippen molar-refractivity contribution in [3.63, 3.8) is 0 Å². The van der Waals surface area contributed by atoms with E-state index >= 15 is 0 Å². The van der Waals surface area contributed by atoms with Gasteiger partial charge in [-0.15, -0.1) is 0 Å². The van der Waals surface area contributed by atoms with Crippen molar-refractivity contribution in [1.82, 2.24) is 4.90 Å². The smallest absolute Gasteiger partial charge is 0.289 e. The van der Waals surface area contributed by atoms with Gasteiger partial charge in [-0.1, -0.05) is 6.92 Å². The lowest BCUT2D eigenvalue weighted by atomic mass is 9.98. The Balaban J connectivity index is 1.72. The van der Waals surface area contributed by atoms with Crippen LogP contribution in [0.5, 0.6) is 0 Å². The largest absolute Gasteiger partial charge is 0.339 e. The minimum atomic E-state index is -0.844. The maximum atomic E-state index is 12.6. The third kappa shape index (κ3) is 4.59. The van der Waals surface area contributed by atoms with E-state index in [0.29, 0.717) is 30.3 Å². The molecular formula is C20H20N4O6. The summed E-state index contributed by atoms with van der Waals surface area (Å²) in [4.78, 5) is 47.2. The molecule has 0 bridgehead atoms. The Kier molecular flexibility index (Phi) is 6.05. The number of amides is 2. The van der Waals surface area contributed by atoms with Gasteiger partial charge < -0.3 is 10.2 Å². The summed E-state index contributed by atoms with van der Waals surface area (Å²) in [5.74, 6) is -0.249. The number of hydrogen-bond donors (Lipinski definition) is 1. The molecule has 0 aromatic heterocycles. The van der Waals surface area contributed by atoms with Crippen LogP contribution in [0, 0.1) is 26.1 Å². The SMILES string of the molecule is CC1CCN(C(=O)c2ccc(NC(=O)c3ccc([N+](=O)[O-])cc3[N+](=O)[O-])cc2)CC1. The molecule has 10 nitrogen and oxygen atoms in total. The van der Waals surface area contributed by atoms with E-state index in [4.69, 9.17) is 0 Å². The molecule has 2 aromatic carbocycles. The molecule has 30 heavy (non-hydrogen) atoms. The zero-order chi connectivity index (χ0) is 21.8. The van der Waals surface area contributed by atoms with Gasteiger partial charge in [-0.2, -0.15) is 0 Å². The Morgan fingerprint density at radius 3 is 2.20 bits per heavy atom. The first-order valence-electron chi connectivity index (χ1n) is 9.40. The molecule has 0 unspecified atom stereocenters. The molecule has 0 spiro atoms. The standard InChI is InChI=1S/C20H20N4O6/c1-13-8-10-22(11-9-13)20(26)14-2-4-15(5-3-14)21-19(25)17-7-6-16(23(27)28)12-18(17)24(29)30/h2-7,12-13H,8-11H2,1H3,(H,21,25). The van der Waals surface area contributed by atoms with Crippen LogP contribution in [0.3, 0.4) is 0 Å². The highest BCUT2D eigenvalue weighted by atomic mass is 16.6. The van der Waals surface area contributed by atoms with Gasteiger partial charge >= 0.3 is 0 Å². The van der Waals surface area contributed by atoms with E-state index in [9.17, 15) is 29.8 Å². The number of nitrogens with one attached hydrogen (secondary N) is 1. The molecule has 156 valence electrons. The Bertz CT molecular complexity index is 997. The lowest BCUT2D eigenvalue weighted by Crippen LogP contribution is -2.37. The average molecular weight is 412 g/mol. The summed E-state index contributed by atoms with van der Waals surface area (Å²) in [5.41, 5.74) is -0.602. The van der Waals surface area contributed by atoms with Gasteiger partial charge in [-0.05, 0) is 49.1 Å². The number of anilines is 1. The molecule has 1 aliphatic rings. The van der Waals surface area contributed by atoms with Crippen molar-refractivity contribution in [3.05, 3.63) is 73.8 Å². The molecule has 2 amide bonds. The van der Waals surface area contributed by atoms with E-state index in [1.165, 1.54) is 12.1 Å². The summed E-state index contributed by atoms with van der Waals surface area (Å²) in [6, 6.07) is 9.06. The minimum absolute atomic E-state index is 0.0780. The average Bonchev–Trinajstić information content (AvgIpc) is 2.73. The Labute approximate surface area is 171 Å². The number of rotatable bonds is 5. The van der Waals surface area contributed by atoms with Crippen molar-refractivity contribution in [2.75, 3.05) is 18.4 Å². The van der Waals surface area contributed by atoms with Gasteiger partial charge in [0.25, 0.3) is 23.2 Å². The van der Waals surface area contributed by atoms with Crippen molar-refractivity contribution in [3.8, 4) is 0 Å². The second kappa shape index (κ2) is 8.68. The van der Waals surface area contributed by atoms with E-state index in [-0.39, 0.29) is 11.5 Å². The highest BCUT2D eigenvalue weighted by Crippen LogP contribution is 2.26. The highest BCUT2D eigenvalue weighted by molar-refractivity contribution is 6.07. The number of carbonyl (C=O) groups is 2. The first-order valence-corrected chi connectivity index (χ1v) is 9.40. The molecule has 0 aliphatic carbocycles. The zero-order valence-electron chi connectivity index (χ0n) is 16.2. The minimum Gasteiger partial charge on any atom is -0.339 e. The first kappa shape index (κ1) is 20.9. The molecule has 1 saturated heterocycles. The van der Waals surface area contributed by atoms with Gasteiger partial charge in [-0.25, -0.2) is 0 Å². The van der Waals surface area contributed by atoms with Gasteiger partial charge in [0.1, 0.15) is 5.56 Å². The third-order valence-electron chi connectivity index (χ3n) is 5.09. The van der Waals surface area contributed by atoms with Crippen LogP contribution in [-0.2, 0) is 0 Å². The van der Waals surface area contributed by atoms with E-state index < -0.39 is 27.1 Å². The number of benzene rings is 2.